The molecule has 19 heavy (non-hydrogen) atoms. The maximum absolute atomic E-state index is 11.3. The number of carbonyl (C=O) groups is 1. The monoisotopic (exact) mass is 247 g/mol. The van der Waals surface area contributed by atoms with Crippen LogP contribution in [0.5, 0.6) is 0 Å². The number of rotatable bonds is 2. The van der Waals surface area contributed by atoms with E-state index < -0.39 is 5.91 Å². The summed E-state index contributed by atoms with van der Waals surface area (Å²) in [7, 11) is 0. The third-order valence-electron chi connectivity index (χ3n) is 3.25. The normalized spacial score (nSPS) is 10.5. The highest BCUT2D eigenvalue weighted by atomic mass is 16.1. The molecular formula is C17H13NO. The lowest BCUT2D eigenvalue weighted by Crippen LogP contribution is -2.10. The minimum Gasteiger partial charge on any atom is -0.366 e. The predicted octanol–water partition coefficient (Wildman–Crippen LogP) is 3.61. The van der Waals surface area contributed by atoms with Gasteiger partial charge in [-0.1, -0.05) is 54.6 Å². The molecule has 0 radical (unpaired) electrons. The van der Waals surface area contributed by atoms with Crippen molar-refractivity contribution in [2.24, 2.45) is 5.73 Å². The highest BCUT2D eigenvalue weighted by molar-refractivity contribution is 5.99. The highest BCUT2D eigenvalue weighted by Crippen LogP contribution is 2.28. The lowest BCUT2D eigenvalue weighted by molar-refractivity contribution is 0.100. The zero-order valence-corrected chi connectivity index (χ0v) is 10.3. The number of hydrogen-bond donors (Lipinski definition) is 1. The molecule has 0 unspecified atom stereocenters. The Bertz CT molecular complexity index is 757. The van der Waals surface area contributed by atoms with Crippen molar-refractivity contribution >= 4 is 16.7 Å². The van der Waals surface area contributed by atoms with E-state index in [2.05, 4.69) is 24.3 Å². The Morgan fingerprint density at radius 1 is 0.842 bits per heavy atom. The molecule has 3 aromatic rings. The van der Waals surface area contributed by atoms with E-state index in [0.29, 0.717) is 5.56 Å². The van der Waals surface area contributed by atoms with Gasteiger partial charge < -0.3 is 5.73 Å². The molecule has 3 aromatic carbocycles. The van der Waals surface area contributed by atoms with Gasteiger partial charge in [0.2, 0.25) is 5.91 Å². The smallest absolute Gasteiger partial charge is 0.248 e. The Labute approximate surface area is 111 Å². The number of carbonyl (C=O) groups excluding carboxylic acids is 1. The van der Waals surface area contributed by atoms with Gasteiger partial charge in [-0.3, -0.25) is 4.79 Å². The van der Waals surface area contributed by atoms with Crippen LogP contribution >= 0.6 is 0 Å². The third-order valence-corrected chi connectivity index (χ3v) is 3.25. The van der Waals surface area contributed by atoms with Crippen LogP contribution in [0.3, 0.4) is 0 Å². The maximum Gasteiger partial charge on any atom is 0.248 e. The molecule has 2 nitrogen and oxygen atoms in total. The van der Waals surface area contributed by atoms with Gasteiger partial charge in [0.15, 0.2) is 0 Å². The number of benzene rings is 3. The molecule has 0 aliphatic rings. The van der Waals surface area contributed by atoms with E-state index in [1.165, 1.54) is 10.8 Å². The Kier molecular flexibility index (Phi) is 2.76. The van der Waals surface area contributed by atoms with Crippen LogP contribution in [0, 0.1) is 0 Å². The number of primary amides is 1. The summed E-state index contributed by atoms with van der Waals surface area (Å²) < 4.78 is 0. The number of fused-ring (bicyclic) bond motifs is 1. The van der Waals surface area contributed by atoms with Crippen LogP contribution in [-0.2, 0) is 0 Å². The number of amides is 1. The molecular weight excluding hydrogens is 234 g/mol. The lowest BCUT2D eigenvalue weighted by atomic mass is 9.97. The first-order valence-corrected chi connectivity index (χ1v) is 6.14. The SMILES string of the molecule is NC(=O)c1cccc(-c2cccc3ccccc23)c1. The van der Waals surface area contributed by atoms with Crippen molar-refractivity contribution in [2.45, 2.75) is 0 Å². The summed E-state index contributed by atoms with van der Waals surface area (Å²) in [6.07, 6.45) is 0. The molecule has 0 atom stereocenters. The first kappa shape index (κ1) is 11.5. The van der Waals surface area contributed by atoms with E-state index in [0.717, 1.165) is 11.1 Å². The summed E-state index contributed by atoms with van der Waals surface area (Å²) in [5.41, 5.74) is 7.99. The van der Waals surface area contributed by atoms with Gasteiger partial charge in [0.25, 0.3) is 0 Å². The average molecular weight is 247 g/mol. The Morgan fingerprint density at radius 3 is 2.42 bits per heavy atom. The minimum absolute atomic E-state index is 0.401. The second-order valence-electron chi connectivity index (χ2n) is 4.47. The molecule has 0 aliphatic carbocycles. The fourth-order valence-corrected chi connectivity index (χ4v) is 2.32. The molecule has 3 rings (SSSR count). The van der Waals surface area contributed by atoms with Gasteiger partial charge in [-0.25, -0.2) is 0 Å². The fourth-order valence-electron chi connectivity index (χ4n) is 2.32. The first-order chi connectivity index (χ1) is 9.25. The molecule has 0 heterocycles. The summed E-state index contributed by atoms with van der Waals surface area (Å²) in [6.45, 7) is 0. The molecule has 2 N–H and O–H groups in total. The molecule has 1 amide bonds. The Hall–Kier alpha value is -2.61. The van der Waals surface area contributed by atoms with Gasteiger partial charge >= 0.3 is 0 Å². The maximum atomic E-state index is 11.3. The summed E-state index contributed by atoms with van der Waals surface area (Å²) in [6, 6.07) is 21.8. The van der Waals surface area contributed by atoms with Crippen molar-refractivity contribution in [3.05, 3.63) is 72.3 Å². The molecule has 0 spiro atoms. The van der Waals surface area contributed by atoms with Crippen molar-refractivity contribution in [2.75, 3.05) is 0 Å². The molecule has 0 saturated heterocycles. The highest BCUT2D eigenvalue weighted by Gasteiger charge is 2.06. The second kappa shape index (κ2) is 4.58. The second-order valence-corrected chi connectivity index (χ2v) is 4.47. The van der Waals surface area contributed by atoms with E-state index in [-0.39, 0.29) is 0 Å². The quantitative estimate of drug-likeness (QED) is 0.738. The van der Waals surface area contributed by atoms with Gasteiger partial charge in [-0.05, 0) is 34.0 Å². The predicted molar refractivity (Wildman–Crippen MR) is 77.9 cm³/mol. The van der Waals surface area contributed by atoms with E-state index in [1.807, 2.05) is 36.4 Å². The van der Waals surface area contributed by atoms with Crippen molar-refractivity contribution < 1.29 is 4.79 Å². The summed E-state index contributed by atoms with van der Waals surface area (Å²) in [5.74, 6) is -0.401. The van der Waals surface area contributed by atoms with Crippen molar-refractivity contribution in [1.29, 1.82) is 0 Å². The molecule has 0 aliphatic heterocycles. The van der Waals surface area contributed by atoms with Crippen LogP contribution in [-0.4, -0.2) is 5.91 Å². The Morgan fingerprint density at radius 2 is 1.58 bits per heavy atom. The van der Waals surface area contributed by atoms with E-state index in [1.54, 1.807) is 6.07 Å². The zero-order valence-electron chi connectivity index (χ0n) is 10.3. The van der Waals surface area contributed by atoms with Crippen LogP contribution < -0.4 is 5.73 Å². The fraction of sp³-hybridized carbons (Fsp3) is 0. The van der Waals surface area contributed by atoms with Gasteiger partial charge in [0.1, 0.15) is 0 Å². The first-order valence-electron chi connectivity index (χ1n) is 6.14. The van der Waals surface area contributed by atoms with Gasteiger partial charge in [0, 0.05) is 5.56 Å². The minimum atomic E-state index is -0.401. The van der Waals surface area contributed by atoms with Crippen LogP contribution in [0.1, 0.15) is 10.4 Å². The van der Waals surface area contributed by atoms with Crippen LogP contribution in [0.25, 0.3) is 21.9 Å². The van der Waals surface area contributed by atoms with Crippen molar-refractivity contribution in [1.82, 2.24) is 0 Å². The Balaban J connectivity index is 2.24. The number of nitrogens with two attached hydrogens (primary N) is 1. The zero-order chi connectivity index (χ0) is 13.2. The van der Waals surface area contributed by atoms with Gasteiger partial charge in [0.05, 0.1) is 0 Å². The molecule has 0 fully saturated rings. The van der Waals surface area contributed by atoms with E-state index in [9.17, 15) is 4.79 Å². The average Bonchev–Trinajstić information content (AvgIpc) is 2.47. The number of hydrogen-bond acceptors (Lipinski definition) is 1. The standard InChI is InChI=1S/C17H13NO/c18-17(19)14-8-3-7-13(11-14)16-10-4-6-12-5-1-2-9-15(12)16/h1-11H,(H2,18,19). The van der Waals surface area contributed by atoms with Crippen LogP contribution in [0.15, 0.2) is 66.7 Å². The van der Waals surface area contributed by atoms with Crippen molar-refractivity contribution in [3.8, 4) is 11.1 Å². The summed E-state index contributed by atoms with van der Waals surface area (Å²) in [4.78, 5) is 11.3. The van der Waals surface area contributed by atoms with Crippen molar-refractivity contribution in [3.63, 3.8) is 0 Å². The molecule has 0 aromatic heterocycles. The lowest BCUT2D eigenvalue weighted by Gasteiger charge is -2.07. The summed E-state index contributed by atoms with van der Waals surface area (Å²) in [5, 5.41) is 2.36. The topological polar surface area (TPSA) is 43.1 Å². The molecule has 2 heteroatoms. The van der Waals surface area contributed by atoms with Crippen LogP contribution in [0.4, 0.5) is 0 Å². The van der Waals surface area contributed by atoms with E-state index >= 15 is 0 Å². The van der Waals surface area contributed by atoms with Gasteiger partial charge in [-0.2, -0.15) is 0 Å². The summed E-state index contributed by atoms with van der Waals surface area (Å²) >= 11 is 0. The van der Waals surface area contributed by atoms with Gasteiger partial charge in [-0.15, -0.1) is 0 Å². The molecule has 0 bridgehead atoms. The van der Waals surface area contributed by atoms with Crippen LogP contribution in [0.2, 0.25) is 0 Å². The molecule has 0 saturated carbocycles. The third kappa shape index (κ3) is 2.08. The molecule has 92 valence electrons. The van der Waals surface area contributed by atoms with E-state index in [4.69, 9.17) is 5.73 Å². The largest absolute Gasteiger partial charge is 0.366 e.